The molecule has 0 aromatic heterocycles. The standard InChI is InChI=1S/C54H41N/c1-54(2)49-19-11-10-18-47(49)48-33-30-42(34-50(48)54)35-20-22-38(23-21-35)45-31-28-36-12-6-8-16-43(36)51(45)52-44-17-9-7-13-37(44)29-32-46(52)39-24-26-41(27-25-39)53(55)40-14-4-3-5-15-40/h3-34,53H,55H2,1-2H3. The van der Waals surface area contributed by atoms with Gasteiger partial charge in [0.05, 0.1) is 6.04 Å². The first kappa shape index (κ1) is 33.1. The molecule has 0 fully saturated rings. The van der Waals surface area contributed by atoms with Gasteiger partial charge in [-0.15, -0.1) is 0 Å². The zero-order valence-corrected chi connectivity index (χ0v) is 31.1. The van der Waals surface area contributed by atoms with Crippen LogP contribution in [0.3, 0.4) is 0 Å². The molecule has 0 saturated carbocycles. The van der Waals surface area contributed by atoms with E-state index in [1.54, 1.807) is 0 Å². The molecule has 1 aliphatic carbocycles. The summed E-state index contributed by atoms with van der Waals surface area (Å²) in [6.45, 7) is 4.70. The van der Waals surface area contributed by atoms with Crippen LogP contribution in [0.2, 0.25) is 0 Å². The van der Waals surface area contributed by atoms with Crippen molar-refractivity contribution in [3.63, 3.8) is 0 Å². The lowest BCUT2D eigenvalue weighted by molar-refractivity contribution is 0.660. The van der Waals surface area contributed by atoms with Gasteiger partial charge in [-0.3, -0.25) is 0 Å². The van der Waals surface area contributed by atoms with Crippen LogP contribution >= 0.6 is 0 Å². The minimum atomic E-state index is -0.182. The van der Waals surface area contributed by atoms with Crippen molar-refractivity contribution in [2.75, 3.05) is 0 Å². The van der Waals surface area contributed by atoms with E-state index in [4.69, 9.17) is 5.73 Å². The summed E-state index contributed by atoms with van der Waals surface area (Å²) in [6.07, 6.45) is 0. The lowest BCUT2D eigenvalue weighted by Crippen LogP contribution is -2.14. The minimum Gasteiger partial charge on any atom is -0.320 e. The molecule has 0 heterocycles. The molecular weight excluding hydrogens is 663 g/mol. The molecule has 1 atom stereocenters. The summed E-state index contributed by atoms with van der Waals surface area (Å²) in [5.74, 6) is 0. The quantitative estimate of drug-likeness (QED) is 0.183. The maximum atomic E-state index is 6.75. The normalized spacial score (nSPS) is 13.4. The van der Waals surface area contributed by atoms with Crippen LogP contribution in [-0.4, -0.2) is 0 Å². The van der Waals surface area contributed by atoms with Crippen LogP contribution in [0.4, 0.5) is 0 Å². The van der Waals surface area contributed by atoms with Crippen molar-refractivity contribution in [2.24, 2.45) is 5.73 Å². The molecule has 0 aliphatic heterocycles. The van der Waals surface area contributed by atoms with Crippen molar-refractivity contribution < 1.29 is 0 Å². The molecule has 9 aromatic rings. The van der Waals surface area contributed by atoms with E-state index in [2.05, 4.69) is 190 Å². The number of nitrogens with two attached hydrogens (primary N) is 1. The van der Waals surface area contributed by atoms with Gasteiger partial charge in [0, 0.05) is 5.41 Å². The summed E-state index contributed by atoms with van der Waals surface area (Å²) in [5.41, 5.74) is 24.2. The third-order valence-corrected chi connectivity index (χ3v) is 12.0. The van der Waals surface area contributed by atoms with Gasteiger partial charge >= 0.3 is 0 Å². The van der Waals surface area contributed by atoms with Gasteiger partial charge in [0.15, 0.2) is 0 Å². The van der Waals surface area contributed by atoms with Crippen LogP contribution in [0, 0.1) is 0 Å². The van der Waals surface area contributed by atoms with Crippen molar-refractivity contribution in [3.8, 4) is 55.6 Å². The van der Waals surface area contributed by atoms with Crippen LogP contribution in [0.25, 0.3) is 77.2 Å². The summed E-state index contributed by atoms with van der Waals surface area (Å²) in [7, 11) is 0. The van der Waals surface area contributed by atoms with Crippen LogP contribution in [0.15, 0.2) is 194 Å². The third-order valence-electron chi connectivity index (χ3n) is 12.0. The molecule has 0 radical (unpaired) electrons. The fourth-order valence-corrected chi connectivity index (χ4v) is 9.01. The smallest absolute Gasteiger partial charge is 0.0551 e. The Balaban J connectivity index is 1.11. The second-order valence-electron chi connectivity index (χ2n) is 15.4. The van der Waals surface area contributed by atoms with E-state index in [-0.39, 0.29) is 11.5 Å². The van der Waals surface area contributed by atoms with Crippen LogP contribution in [0.1, 0.15) is 42.1 Å². The molecule has 1 heteroatoms. The Hall–Kier alpha value is -6.54. The number of hydrogen-bond donors (Lipinski definition) is 1. The Bertz CT molecular complexity index is 2880. The minimum absolute atomic E-state index is 0.0354. The zero-order chi connectivity index (χ0) is 37.1. The number of hydrogen-bond acceptors (Lipinski definition) is 1. The molecule has 1 aliphatic rings. The Morgan fingerprint density at radius 3 is 1.45 bits per heavy atom. The van der Waals surface area contributed by atoms with Crippen LogP contribution in [0.5, 0.6) is 0 Å². The van der Waals surface area contributed by atoms with Gasteiger partial charge in [-0.1, -0.05) is 202 Å². The summed E-state index contributed by atoms with van der Waals surface area (Å²) in [5, 5.41) is 4.92. The van der Waals surface area contributed by atoms with E-state index in [0.29, 0.717) is 0 Å². The van der Waals surface area contributed by atoms with E-state index in [0.717, 1.165) is 11.1 Å². The first-order valence-corrected chi connectivity index (χ1v) is 19.3. The highest BCUT2D eigenvalue weighted by atomic mass is 14.6. The fraction of sp³-hybridized carbons (Fsp3) is 0.0741. The molecule has 1 unspecified atom stereocenters. The van der Waals surface area contributed by atoms with Gasteiger partial charge in [-0.05, 0) is 105 Å². The second kappa shape index (κ2) is 13.1. The highest BCUT2D eigenvalue weighted by Crippen LogP contribution is 2.50. The van der Waals surface area contributed by atoms with Crippen molar-refractivity contribution in [2.45, 2.75) is 25.3 Å². The van der Waals surface area contributed by atoms with Crippen molar-refractivity contribution in [1.82, 2.24) is 0 Å². The second-order valence-corrected chi connectivity index (χ2v) is 15.4. The summed E-state index contributed by atoms with van der Waals surface area (Å²) in [6, 6.07) is 70.8. The van der Waals surface area contributed by atoms with Gasteiger partial charge in [0.25, 0.3) is 0 Å². The Morgan fingerprint density at radius 2 is 0.818 bits per heavy atom. The van der Waals surface area contributed by atoms with Crippen molar-refractivity contribution >= 4 is 21.5 Å². The summed E-state index contributed by atoms with van der Waals surface area (Å²) < 4.78 is 0. The van der Waals surface area contributed by atoms with Crippen LogP contribution < -0.4 is 5.73 Å². The number of rotatable bonds is 6. The lowest BCUT2D eigenvalue weighted by atomic mass is 9.81. The number of fused-ring (bicyclic) bond motifs is 5. The SMILES string of the molecule is CC1(C)c2ccccc2-c2ccc(-c3ccc(-c4ccc5ccccc5c4-c4c(-c5ccc(C(N)c6ccccc6)cc5)ccc5ccccc45)cc3)cc21. The predicted octanol–water partition coefficient (Wildman–Crippen LogP) is 14.0. The summed E-state index contributed by atoms with van der Waals surface area (Å²) >= 11 is 0. The van der Waals surface area contributed by atoms with Gasteiger partial charge in [-0.25, -0.2) is 0 Å². The topological polar surface area (TPSA) is 26.0 Å². The Morgan fingerprint density at radius 1 is 0.364 bits per heavy atom. The van der Waals surface area contributed by atoms with Gasteiger partial charge in [0.2, 0.25) is 0 Å². The number of benzene rings is 9. The highest BCUT2D eigenvalue weighted by molar-refractivity contribution is 6.14. The van der Waals surface area contributed by atoms with Crippen molar-refractivity contribution in [1.29, 1.82) is 0 Å². The maximum Gasteiger partial charge on any atom is 0.0551 e. The van der Waals surface area contributed by atoms with E-state index < -0.39 is 0 Å². The molecular formula is C54H41N. The van der Waals surface area contributed by atoms with Crippen molar-refractivity contribution in [3.05, 3.63) is 216 Å². The molecule has 0 bridgehead atoms. The molecule has 262 valence electrons. The van der Waals surface area contributed by atoms with Gasteiger partial charge in [0.1, 0.15) is 0 Å². The fourth-order valence-electron chi connectivity index (χ4n) is 9.01. The Kier molecular flexibility index (Phi) is 7.87. The highest BCUT2D eigenvalue weighted by Gasteiger charge is 2.35. The van der Waals surface area contributed by atoms with Gasteiger partial charge < -0.3 is 5.73 Å². The molecule has 55 heavy (non-hydrogen) atoms. The van der Waals surface area contributed by atoms with E-state index in [9.17, 15) is 0 Å². The zero-order valence-electron chi connectivity index (χ0n) is 31.1. The maximum absolute atomic E-state index is 6.75. The average Bonchev–Trinajstić information content (AvgIpc) is 3.48. The molecule has 2 N–H and O–H groups in total. The van der Waals surface area contributed by atoms with Crippen LogP contribution in [-0.2, 0) is 5.41 Å². The molecule has 0 amide bonds. The molecule has 0 saturated heterocycles. The Labute approximate surface area is 323 Å². The van der Waals surface area contributed by atoms with Gasteiger partial charge in [-0.2, -0.15) is 0 Å². The third kappa shape index (κ3) is 5.51. The van der Waals surface area contributed by atoms with E-state index in [1.807, 2.05) is 18.2 Å². The predicted molar refractivity (Wildman–Crippen MR) is 233 cm³/mol. The molecule has 1 nitrogen and oxygen atoms in total. The molecule has 9 aromatic carbocycles. The lowest BCUT2D eigenvalue weighted by Gasteiger charge is -2.22. The van der Waals surface area contributed by atoms with E-state index >= 15 is 0 Å². The average molecular weight is 704 g/mol. The summed E-state index contributed by atoms with van der Waals surface area (Å²) in [4.78, 5) is 0. The first-order chi connectivity index (χ1) is 27.0. The largest absolute Gasteiger partial charge is 0.320 e. The van der Waals surface area contributed by atoms with E-state index in [1.165, 1.54) is 88.3 Å². The molecule has 10 rings (SSSR count). The monoisotopic (exact) mass is 703 g/mol. The molecule has 0 spiro atoms. The first-order valence-electron chi connectivity index (χ1n) is 19.3.